The van der Waals surface area contributed by atoms with Crippen LogP contribution in [-0.4, -0.2) is 37.4 Å². The lowest BCUT2D eigenvalue weighted by atomic mass is 10.1. The number of nitrogens with zero attached hydrogens (tertiary/aromatic N) is 3. The number of nitro benzene ring substituents is 1. The third-order valence-corrected chi connectivity index (χ3v) is 4.80. The molecule has 0 aromatic heterocycles. The highest BCUT2D eigenvalue weighted by Gasteiger charge is 2.21. The van der Waals surface area contributed by atoms with Crippen LogP contribution in [0, 0.1) is 10.1 Å². The van der Waals surface area contributed by atoms with E-state index >= 15 is 0 Å². The van der Waals surface area contributed by atoms with Gasteiger partial charge in [0.2, 0.25) is 0 Å². The third kappa shape index (κ3) is 4.88. The summed E-state index contributed by atoms with van der Waals surface area (Å²) in [5.41, 5.74) is 1.79. The van der Waals surface area contributed by atoms with E-state index in [0.717, 1.165) is 0 Å². The fourth-order valence-electron chi connectivity index (χ4n) is 2.71. The summed E-state index contributed by atoms with van der Waals surface area (Å²) in [7, 11) is 0. The minimum absolute atomic E-state index is 0.0231. The maximum absolute atomic E-state index is 11.4. The Hall–Kier alpha value is -2.35. The van der Waals surface area contributed by atoms with Gasteiger partial charge in [0.1, 0.15) is 12.3 Å². The van der Waals surface area contributed by atoms with E-state index in [1.165, 1.54) is 12.3 Å². The summed E-state index contributed by atoms with van der Waals surface area (Å²) in [6.07, 6.45) is 1.42. The highest BCUT2D eigenvalue weighted by molar-refractivity contribution is 6.35. The maximum Gasteiger partial charge on any atom is 0.293 e. The molecule has 1 heterocycles. The van der Waals surface area contributed by atoms with Crippen LogP contribution in [0.15, 0.2) is 41.6 Å². The van der Waals surface area contributed by atoms with E-state index in [1.54, 1.807) is 30.3 Å². The molecule has 142 valence electrons. The minimum Gasteiger partial charge on any atom is -0.391 e. The topological polar surface area (TPSA) is 77.2 Å². The average Bonchev–Trinajstić information content (AvgIpc) is 2.67. The molecule has 3 rings (SSSR count). The summed E-state index contributed by atoms with van der Waals surface area (Å²) in [4.78, 5) is 18.2. The first-order chi connectivity index (χ1) is 13.1. The second-order valence-electron chi connectivity index (χ2n) is 5.81. The molecule has 1 fully saturated rings. The largest absolute Gasteiger partial charge is 0.391 e. The van der Waals surface area contributed by atoms with Crippen LogP contribution in [0.3, 0.4) is 0 Å². The van der Waals surface area contributed by atoms with E-state index in [4.69, 9.17) is 32.8 Å². The van der Waals surface area contributed by atoms with Crippen molar-refractivity contribution in [3.63, 3.8) is 0 Å². The molecule has 7 nitrogen and oxygen atoms in total. The van der Waals surface area contributed by atoms with Crippen LogP contribution >= 0.6 is 23.2 Å². The van der Waals surface area contributed by atoms with Gasteiger partial charge in [-0.05, 0) is 18.2 Å². The fraction of sp³-hybridized carbons (Fsp3) is 0.278. The van der Waals surface area contributed by atoms with Gasteiger partial charge in [-0.3, -0.25) is 10.1 Å². The van der Waals surface area contributed by atoms with Crippen LogP contribution in [-0.2, 0) is 16.2 Å². The Morgan fingerprint density at radius 3 is 2.59 bits per heavy atom. The zero-order valence-corrected chi connectivity index (χ0v) is 15.8. The summed E-state index contributed by atoms with van der Waals surface area (Å²) >= 11 is 12.1. The van der Waals surface area contributed by atoms with Gasteiger partial charge >= 0.3 is 0 Å². The van der Waals surface area contributed by atoms with Crippen LogP contribution in [0.4, 0.5) is 11.4 Å². The predicted molar refractivity (Wildman–Crippen MR) is 105 cm³/mol. The molecule has 1 aliphatic rings. The van der Waals surface area contributed by atoms with Gasteiger partial charge < -0.3 is 14.5 Å². The molecule has 27 heavy (non-hydrogen) atoms. The standard InChI is InChI=1S/C18H17Cl2N3O4/c19-15-2-1-3-16(20)14(15)12-27-21-11-13-4-5-17(18(10-13)23(24)25)22-6-8-26-9-7-22/h1-5,10-11H,6-9,12H2/b21-11+. The van der Waals surface area contributed by atoms with Crippen LogP contribution in [0.2, 0.25) is 10.0 Å². The number of morpholine rings is 1. The molecule has 0 N–H and O–H groups in total. The molecule has 0 aliphatic carbocycles. The number of ether oxygens (including phenoxy) is 1. The van der Waals surface area contributed by atoms with E-state index in [1.807, 2.05) is 4.90 Å². The van der Waals surface area contributed by atoms with Crippen LogP contribution < -0.4 is 4.90 Å². The van der Waals surface area contributed by atoms with Gasteiger partial charge in [-0.25, -0.2) is 0 Å². The molecule has 2 aromatic rings. The van der Waals surface area contributed by atoms with E-state index in [-0.39, 0.29) is 12.3 Å². The van der Waals surface area contributed by atoms with Crippen molar-refractivity contribution >= 4 is 40.8 Å². The molecule has 0 unspecified atom stereocenters. The van der Waals surface area contributed by atoms with Gasteiger partial charge in [0, 0.05) is 40.3 Å². The Labute approximate surface area is 166 Å². The Morgan fingerprint density at radius 2 is 1.93 bits per heavy atom. The van der Waals surface area contributed by atoms with Crippen LogP contribution in [0.1, 0.15) is 11.1 Å². The van der Waals surface area contributed by atoms with Gasteiger partial charge in [-0.2, -0.15) is 0 Å². The molecule has 0 saturated carbocycles. The fourth-order valence-corrected chi connectivity index (χ4v) is 3.22. The van der Waals surface area contributed by atoms with Crippen molar-refractivity contribution < 1.29 is 14.5 Å². The molecule has 0 amide bonds. The molecule has 0 bridgehead atoms. The van der Waals surface area contributed by atoms with Crippen molar-refractivity contribution in [2.75, 3.05) is 31.2 Å². The molecule has 2 aromatic carbocycles. The minimum atomic E-state index is -0.396. The van der Waals surface area contributed by atoms with Crippen molar-refractivity contribution in [3.8, 4) is 0 Å². The monoisotopic (exact) mass is 409 g/mol. The summed E-state index contributed by atoms with van der Waals surface area (Å²) in [6.45, 7) is 2.45. The molecule has 9 heteroatoms. The molecule has 0 spiro atoms. The van der Waals surface area contributed by atoms with E-state index < -0.39 is 4.92 Å². The smallest absolute Gasteiger partial charge is 0.293 e. The lowest BCUT2D eigenvalue weighted by Crippen LogP contribution is -2.36. The van der Waals surface area contributed by atoms with E-state index in [2.05, 4.69) is 5.16 Å². The maximum atomic E-state index is 11.4. The molecular weight excluding hydrogens is 393 g/mol. The van der Waals surface area contributed by atoms with Crippen molar-refractivity contribution in [3.05, 3.63) is 67.7 Å². The number of halogens is 2. The van der Waals surface area contributed by atoms with Crippen molar-refractivity contribution in [2.45, 2.75) is 6.61 Å². The summed E-state index contributed by atoms with van der Waals surface area (Å²) in [6, 6.07) is 10.1. The molecule has 0 atom stereocenters. The first-order valence-electron chi connectivity index (χ1n) is 8.25. The van der Waals surface area contributed by atoms with E-state index in [0.29, 0.717) is 53.2 Å². The van der Waals surface area contributed by atoms with Crippen molar-refractivity contribution in [1.29, 1.82) is 0 Å². The van der Waals surface area contributed by atoms with Crippen molar-refractivity contribution in [2.24, 2.45) is 5.16 Å². The first kappa shape index (κ1) is 19.4. The molecule has 0 radical (unpaired) electrons. The number of hydrogen-bond acceptors (Lipinski definition) is 6. The molecular formula is C18H17Cl2N3O4. The zero-order valence-electron chi connectivity index (χ0n) is 14.3. The number of nitro groups is 1. The molecule has 1 saturated heterocycles. The Kier molecular flexibility index (Phi) is 6.49. The zero-order chi connectivity index (χ0) is 19.2. The highest BCUT2D eigenvalue weighted by atomic mass is 35.5. The number of hydrogen-bond donors (Lipinski definition) is 0. The number of rotatable bonds is 6. The summed E-state index contributed by atoms with van der Waals surface area (Å²) in [5, 5.41) is 16.3. The van der Waals surface area contributed by atoms with Crippen molar-refractivity contribution in [1.82, 2.24) is 0 Å². The van der Waals surface area contributed by atoms with Gasteiger partial charge in [0.25, 0.3) is 5.69 Å². The summed E-state index contributed by atoms with van der Waals surface area (Å²) in [5.74, 6) is 0. The number of anilines is 1. The predicted octanol–water partition coefficient (Wildman–Crippen LogP) is 4.29. The summed E-state index contributed by atoms with van der Waals surface area (Å²) < 4.78 is 5.30. The lowest BCUT2D eigenvalue weighted by molar-refractivity contribution is -0.384. The Bertz CT molecular complexity index is 834. The van der Waals surface area contributed by atoms with Crippen LogP contribution in [0.25, 0.3) is 0 Å². The van der Waals surface area contributed by atoms with Gasteiger partial charge in [0.05, 0.1) is 24.4 Å². The Balaban J connectivity index is 1.70. The number of benzene rings is 2. The Morgan fingerprint density at radius 1 is 1.22 bits per heavy atom. The number of oxime groups is 1. The molecule has 1 aliphatic heterocycles. The van der Waals surface area contributed by atoms with E-state index in [9.17, 15) is 10.1 Å². The van der Waals surface area contributed by atoms with Gasteiger partial charge in [-0.15, -0.1) is 0 Å². The second-order valence-corrected chi connectivity index (χ2v) is 6.63. The SMILES string of the molecule is O=[N+]([O-])c1cc(/C=N/OCc2c(Cl)cccc2Cl)ccc1N1CCOCC1. The highest BCUT2D eigenvalue weighted by Crippen LogP contribution is 2.29. The lowest BCUT2D eigenvalue weighted by Gasteiger charge is -2.28. The first-order valence-corrected chi connectivity index (χ1v) is 9.01. The quantitative estimate of drug-likeness (QED) is 0.404. The normalized spacial score (nSPS) is 14.5. The third-order valence-electron chi connectivity index (χ3n) is 4.09. The van der Waals surface area contributed by atoms with Gasteiger partial charge in [0.15, 0.2) is 0 Å². The second kappa shape index (κ2) is 9.03. The average molecular weight is 410 g/mol. The van der Waals surface area contributed by atoms with Gasteiger partial charge in [-0.1, -0.05) is 40.5 Å². The van der Waals surface area contributed by atoms with Crippen LogP contribution in [0.5, 0.6) is 0 Å².